The molecule has 0 fully saturated rings. The van der Waals surface area contributed by atoms with E-state index in [-0.39, 0.29) is 5.82 Å². The van der Waals surface area contributed by atoms with Crippen LogP contribution in [0, 0.1) is 5.82 Å². The Bertz CT molecular complexity index is 559. The van der Waals surface area contributed by atoms with Crippen molar-refractivity contribution < 1.29 is 8.91 Å². The second-order valence-corrected chi connectivity index (χ2v) is 5.22. The van der Waals surface area contributed by atoms with Gasteiger partial charge in [0.2, 0.25) is 11.7 Å². The number of benzene rings is 1. The van der Waals surface area contributed by atoms with Crippen molar-refractivity contribution in [2.75, 3.05) is 7.05 Å². The van der Waals surface area contributed by atoms with E-state index in [1.165, 1.54) is 6.07 Å². The average Bonchev–Trinajstić information content (AvgIpc) is 2.88. The van der Waals surface area contributed by atoms with E-state index in [1.54, 1.807) is 12.1 Å². The normalized spacial score (nSPS) is 12.6. The highest BCUT2D eigenvalue weighted by molar-refractivity contribution is 9.10. The van der Waals surface area contributed by atoms with E-state index in [0.717, 1.165) is 18.4 Å². The van der Waals surface area contributed by atoms with E-state index >= 15 is 0 Å². The standard InChI is InChI=1S/C13H15BrFN3O/c1-8(16-2)3-6-12-17-13(18-19-12)9-4-5-11(15)10(14)7-9/h4-5,7-8,16H,3,6H2,1-2H3. The van der Waals surface area contributed by atoms with Crippen molar-refractivity contribution in [3.05, 3.63) is 34.4 Å². The van der Waals surface area contributed by atoms with Crippen LogP contribution in [-0.2, 0) is 6.42 Å². The van der Waals surface area contributed by atoms with Gasteiger partial charge in [-0.25, -0.2) is 4.39 Å². The molecule has 0 aliphatic heterocycles. The quantitative estimate of drug-likeness (QED) is 0.916. The molecule has 19 heavy (non-hydrogen) atoms. The van der Waals surface area contributed by atoms with Crippen LogP contribution in [-0.4, -0.2) is 23.2 Å². The number of hydrogen-bond acceptors (Lipinski definition) is 4. The molecular formula is C13H15BrFN3O. The maximum Gasteiger partial charge on any atom is 0.227 e. The highest BCUT2D eigenvalue weighted by atomic mass is 79.9. The summed E-state index contributed by atoms with van der Waals surface area (Å²) in [5.74, 6) is 0.765. The van der Waals surface area contributed by atoms with E-state index in [9.17, 15) is 4.39 Å². The lowest BCUT2D eigenvalue weighted by Crippen LogP contribution is -2.21. The van der Waals surface area contributed by atoms with E-state index in [1.807, 2.05) is 7.05 Å². The number of rotatable bonds is 5. The fraction of sp³-hybridized carbons (Fsp3) is 0.385. The molecule has 2 rings (SSSR count). The van der Waals surface area contributed by atoms with Gasteiger partial charge in [0.1, 0.15) is 5.82 Å². The molecule has 0 saturated carbocycles. The first-order chi connectivity index (χ1) is 9.10. The van der Waals surface area contributed by atoms with Gasteiger partial charge in [0.05, 0.1) is 4.47 Å². The molecule has 1 atom stereocenters. The third-order valence-electron chi connectivity index (χ3n) is 2.93. The zero-order chi connectivity index (χ0) is 13.8. The number of halogens is 2. The zero-order valence-corrected chi connectivity index (χ0v) is 12.4. The fourth-order valence-corrected chi connectivity index (χ4v) is 1.97. The summed E-state index contributed by atoms with van der Waals surface area (Å²) < 4.78 is 18.7. The molecule has 0 radical (unpaired) electrons. The lowest BCUT2D eigenvalue weighted by Gasteiger charge is -2.06. The van der Waals surface area contributed by atoms with Gasteiger partial charge in [-0.2, -0.15) is 4.98 Å². The minimum absolute atomic E-state index is 0.310. The number of hydrogen-bond donors (Lipinski definition) is 1. The van der Waals surface area contributed by atoms with E-state index in [4.69, 9.17) is 4.52 Å². The fourth-order valence-electron chi connectivity index (χ4n) is 1.59. The summed E-state index contributed by atoms with van der Waals surface area (Å²) >= 11 is 3.14. The number of nitrogens with zero attached hydrogens (tertiary/aromatic N) is 2. The van der Waals surface area contributed by atoms with E-state index in [0.29, 0.717) is 22.2 Å². The third kappa shape index (κ3) is 3.61. The van der Waals surface area contributed by atoms with Crippen molar-refractivity contribution in [3.8, 4) is 11.4 Å². The molecule has 1 aromatic heterocycles. The highest BCUT2D eigenvalue weighted by Gasteiger charge is 2.11. The third-order valence-corrected chi connectivity index (χ3v) is 3.54. The number of nitrogens with one attached hydrogen (secondary N) is 1. The Morgan fingerprint density at radius 1 is 1.47 bits per heavy atom. The van der Waals surface area contributed by atoms with Crippen molar-refractivity contribution >= 4 is 15.9 Å². The molecular weight excluding hydrogens is 313 g/mol. The van der Waals surface area contributed by atoms with Crippen LogP contribution in [0.15, 0.2) is 27.2 Å². The summed E-state index contributed by atoms with van der Waals surface area (Å²) in [5.41, 5.74) is 0.727. The van der Waals surface area contributed by atoms with Crippen LogP contribution in [0.4, 0.5) is 4.39 Å². The van der Waals surface area contributed by atoms with Gasteiger partial charge in [-0.05, 0) is 54.5 Å². The van der Waals surface area contributed by atoms with Crippen LogP contribution >= 0.6 is 15.9 Å². The minimum Gasteiger partial charge on any atom is -0.339 e. The Balaban J connectivity index is 2.09. The SMILES string of the molecule is CNC(C)CCc1nc(-c2ccc(F)c(Br)c2)no1. The Morgan fingerprint density at radius 3 is 2.95 bits per heavy atom. The molecule has 0 aliphatic rings. The Labute approximate surface area is 119 Å². The van der Waals surface area contributed by atoms with Crippen molar-refractivity contribution in [2.45, 2.75) is 25.8 Å². The lowest BCUT2D eigenvalue weighted by molar-refractivity contribution is 0.369. The molecule has 0 bridgehead atoms. The maximum absolute atomic E-state index is 13.2. The molecule has 1 aromatic carbocycles. The molecule has 4 nitrogen and oxygen atoms in total. The predicted molar refractivity (Wildman–Crippen MR) is 74.2 cm³/mol. The molecule has 6 heteroatoms. The Kier molecular flexibility index (Phi) is 4.66. The van der Waals surface area contributed by atoms with Crippen molar-refractivity contribution in [3.63, 3.8) is 0 Å². The molecule has 1 unspecified atom stereocenters. The average molecular weight is 328 g/mol. The van der Waals surface area contributed by atoms with Gasteiger partial charge in [-0.1, -0.05) is 5.16 Å². The predicted octanol–water partition coefficient (Wildman–Crippen LogP) is 3.18. The summed E-state index contributed by atoms with van der Waals surface area (Å²) in [7, 11) is 1.92. The van der Waals surface area contributed by atoms with Gasteiger partial charge >= 0.3 is 0 Å². The molecule has 0 spiro atoms. The largest absolute Gasteiger partial charge is 0.339 e. The van der Waals surface area contributed by atoms with Gasteiger partial charge < -0.3 is 9.84 Å². The van der Waals surface area contributed by atoms with Crippen LogP contribution in [0.5, 0.6) is 0 Å². The number of aryl methyl sites for hydroxylation is 1. The maximum atomic E-state index is 13.2. The van der Waals surface area contributed by atoms with Crippen LogP contribution < -0.4 is 5.32 Å². The Morgan fingerprint density at radius 2 is 2.26 bits per heavy atom. The van der Waals surface area contributed by atoms with Crippen molar-refractivity contribution in [1.82, 2.24) is 15.5 Å². The van der Waals surface area contributed by atoms with Gasteiger partial charge in [0.25, 0.3) is 0 Å². The van der Waals surface area contributed by atoms with Crippen LogP contribution in [0.1, 0.15) is 19.2 Å². The van der Waals surface area contributed by atoms with Crippen LogP contribution in [0.3, 0.4) is 0 Å². The summed E-state index contributed by atoms with van der Waals surface area (Å²) in [4.78, 5) is 4.31. The summed E-state index contributed by atoms with van der Waals surface area (Å²) in [5, 5.41) is 7.06. The summed E-state index contributed by atoms with van der Waals surface area (Å²) in [6, 6.07) is 5.04. The molecule has 0 saturated heterocycles. The van der Waals surface area contributed by atoms with E-state index < -0.39 is 0 Å². The topological polar surface area (TPSA) is 51.0 Å². The van der Waals surface area contributed by atoms with Gasteiger partial charge in [0.15, 0.2) is 0 Å². The van der Waals surface area contributed by atoms with Crippen molar-refractivity contribution in [1.29, 1.82) is 0 Å². The molecule has 102 valence electrons. The molecule has 1 heterocycles. The van der Waals surface area contributed by atoms with Gasteiger partial charge in [-0.15, -0.1) is 0 Å². The first kappa shape index (κ1) is 14.1. The first-order valence-corrected chi connectivity index (χ1v) is 6.84. The molecule has 1 N–H and O–H groups in total. The first-order valence-electron chi connectivity index (χ1n) is 6.05. The smallest absolute Gasteiger partial charge is 0.227 e. The summed E-state index contributed by atoms with van der Waals surface area (Å²) in [6.07, 6.45) is 1.64. The monoisotopic (exact) mass is 327 g/mol. The van der Waals surface area contributed by atoms with Crippen LogP contribution in [0.25, 0.3) is 11.4 Å². The van der Waals surface area contributed by atoms with Crippen LogP contribution in [0.2, 0.25) is 0 Å². The second kappa shape index (κ2) is 6.25. The molecule has 0 amide bonds. The zero-order valence-electron chi connectivity index (χ0n) is 10.8. The number of aromatic nitrogens is 2. The summed E-state index contributed by atoms with van der Waals surface area (Å²) in [6.45, 7) is 2.09. The van der Waals surface area contributed by atoms with Gasteiger partial charge in [0, 0.05) is 18.0 Å². The molecule has 0 aliphatic carbocycles. The lowest BCUT2D eigenvalue weighted by atomic mass is 10.2. The second-order valence-electron chi connectivity index (χ2n) is 4.37. The minimum atomic E-state index is -0.310. The highest BCUT2D eigenvalue weighted by Crippen LogP contribution is 2.23. The Hall–Kier alpha value is -1.27. The van der Waals surface area contributed by atoms with Crippen molar-refractivity contribution in [2.24, 2.45) is 0 Å². The van der Waals surface area contributed by atoms with Gasteiger partial charge in [-0.3, -0.25) is 0 Å². The molecule has 2 aromatic rings. The van der Waals surface area contributed by atoms with E-state index in [2.05, 4.69) is 38.3 Å².